The number of aromatic nitrogens is 2. The molecule has 1 fully saturated rings. The van der Waals surface area contributed by atoms with Gasteiger partial charge in [-0.15, -0.1) is 0 Å². The van der Waals surface area contributed by atoms with E-state index < -0.39 is 89.8 Å². The van der Waals surface area contributed by atoms with Crippen molar-refractivity contribution >= 4 is 28.2 Å². The number of ketones is 2. The maximum Gasteiger partial charge on any atom is 0.264 e. The first-order chi connectivity index (χ1) is 12.9. The molecule has 2 N–H and O–H groups in total. The Morgan fingerprint density at radius 1 is 1.52 bits per heavy atom. The zero-order valence-electron chi connectivity index (χ0n) is 17.8. The Morgan fingerprint density at radius 2 is 2.33 bits per heavy atom. The van der Waals surface area contributed by atoms with Crippen molar-refractivity contribution in [1.29, 1.82) is 0 Å². The number of hydrogen-bond donors (Lipinski definition) is 1. The van der Waals surface area contributed by atoms with Gasteiger partial charge in [-0.25, -0.2) is 4.98 Å². The third-order valence-corrected chi connectivity index (χ3v) is 3.16. The molecule has 108 valence electrons. The number of carbonyl (C=O) groups excluding carboxylic acids is 2. The lowest BCUT2D eigenvalue weighted by Gasteiger charge is -2.24. The number of hydrogen-bond acceptors (Lipinski definition) is 5. The molecule has 1 aliphatic rings. The second-order valence-corrected chi connectivity index (χ2v) is 4.55. The largest absolute Gasteiger partial charge is 0.398 e. The van der Waals surface area contributed by atoms with E-state index in [-0.39, 0.29) is 0 Å². The van der Waals surface area contributed by atoms with Gasteiger partial charge in [0.2, 0.25) is 0 Å². The van der Waals surface area contributed by atoms with Gasteiger partial charge >= 0.3 is 0 Å². The Kier molecular flexibility index (Phi) is 1.71. The lowest BCUT2D eigenvalue weighted by molar-refractivity contribution is -0.132. The fourth-order valence-corrected chi connectivity index (χ4v) is 2.21. The Hall–Kier alpha value is -2.50. The fraction of sp³-hybridized carbons (Fsp3) is 0.333. The van der Waals surface area contributed by atoms with Crippen LogP contribution in [0.15, 0.2) is 22.9 Å². The van der Waals surface area contributed by atoms with E-state index in [0.717, 1.165) is 0 Å². The van der Waals surface area contributed by atoms with Crippen molar-refractivity contribution in [2.24, 2.45) is 0 Å². The number of rotatable bonds is 1. The molecule has 0 saturated heterocycles. The average Bonchev–Trinajstić information content (AvgIpc) is 2.61. The highest BCUT2D eigenvalue weighted by Gasteiger charge is 2.30. The zero-order valence-corrected chi connectivity index (χ0v) is 10.8. The van der Waals surface area contributed by atoms with Crippen molar-refractivity contribution in [3.63, 3.8) is 0 Å². The Morgan fingerprint density at radius 3 is 3.05 bits per heavy atom. The van der Waals surface area contributed by atoms with Gasteiger partial charge in [0.05, 0.1) is 28.8 Å². The smallest absolute Gasteiger partial charge is 0.264 e. The first-order valence-electron chi connectivity index (χ1n) is 9.80. The Labute approximate surface area is 130 Å². The molecule has 1 aromatic carbocycles. The first kappa shape index (κ1) is 7.49. The van der Waals surface area contributed by atoms with Gasteiger partial charge in [-0.1, -0.05) is 6.04 Å². The normalized spacial score (nSPS) is 31.1. The molecular formula is C15H15N3O3. The molecule has 0 bridgehead atoms. The molecule has 2 unspecified atom stereocenters. The van der Waals surface area contributed by atoms with Crippen LogP contribution in [0.2, 0.25) is 0 Å². The van der Waals surface area contributed by atoms with Crippen molar-refractivity contribution < 1.29 is 19.2 Å². The minimum Gasteiger partial charge on any atom is -0.398 e. The van der Waals surface area contributed by atoms with Crippen LogP contribution >= 0.6 is 0 Å². The number of benzene rings is 1. The topological polar surface area (TPSA) is 95.0 Å². The van der Waals surface area contributed by atoms with Crippen LogP contribution in [-0.4, -0.2) is 21.1 Å². The van der Waals surface area contributed by atoms with Crippen molar-refractivity contribution in [3.05, 3.63) is 34.3 Å². The lowest BCUT2D eigenvalue weighted by atomic mass is 9.92. The molecule has 21 heavy (non-hydrogen) atoms. The summed E-state index contributed by atoms with van der Waals surface area (Å²) >= 11 is 0. The summed E-state index contributed by atoms with van der Waals surface area (Å²) in [5, 5.41) is -0.501. The first-order valence-corrected chi connectivity index (χ1v) is 6.07. The number of anilines is 1. The molecule has 0 radical (unpaired) electrons. The van der Waals surface area contributed by atoms with Crippen LogP contribution in [0.3, 0.4) is 0 Å². The van der Waals surface area contributed by atoms with Gasteiger partial charge in [-0.05, 0) is 25.4 Å². The summed E-state index contributed by atoms with van der Waals surface area (Å²) < 4.78 is 55.8. The Balaban J connectivity index is 2.52. The third kappa shape index (κ3) is 2.12. The van der Waals surface area contributed by atoms with Crippen molar-refractivity contribution in [2.75, 3.05) is 5.73 Å². The SMILES string of the molecule is [2H]c1c([2H])c(N)c2c(=O)n(C3([2H])C(=O)CC(=O)CC3[2H])c(C([2H])[2H])nc2c1[2H]. The summed E-state index contributed by atoms with van der Waals surface area (Å²) in [6, 6.07) is -4.45. The van der Waals surface area contributed by atoms with Gasteiger partial charge in [-0.3, -0.25) is 19.0 Å². The maximum atomic E-state index is 13.2. The van der Waals surface area contributed by atoms with E-state index in [0.29, 0.717) is 4.57 Å². The predicted molar refractivity (Wildman–Crippen MR) is 78.1 cm³/mol. The number of fused-ring (bicyclic) bond motifs is 1. The molecule has 2 aromatic rings. The second-order valence-electron chi connectivity index (χ2n) is 4.55. The van der Waals surface area contributed by atoms with E-state index in [1.807, 2.05) is 0 Å². The summed E-state index contributed by atoms with van der Waals surface area (Å²) in [6.07, 6.45) is -2.84. The number of nitrogen functional groups attached to an aromatic ring is 1. The molecule has 0 amide bonds. The van der Waals surface area contributed by atoms with Crippen molar-refractivity contribution in [3.8, 4) is 0 Å². The minimum absolute atomic E-state index is 0.408. The third-order valence-electron chi connectivity index (χ3n) is 3.16. The van der Waals surface area contributed by atoms with E-state index in [1.165, 1.54) is 0 Å². The van der Waals surface area contributed by atoms with Gasteiger partial charge in [0.25, 0.3) is 5.56 Å². The van der Waals surface area contributed by atoms with E-state index >= 15 is 0 Å². The molecule has 1 aliphatic carbocycles. The highest BCUT2D eigenvalue weighted by atomic mass is 16.2. The van der Waals surface area contributed by atoms with Crippen LogP contribution in [-0.2, 0) is 9.59 Å². The molecule has 0 aliphatic heterocycles. The van der Waals surface area contributed by atoms with E-state index in [1.54, 1.807) is 0 Å². The van der Waals surface area contributed by atoms with Crippen LogP contribution in [0, 0.1) is 6.88 Å². The van der Waals surface area contributed by atoms with Crippen LogP contribution in [0.25, 0.3) is 10.9 Å². The summed E-state index contributed by atoms with van der Waals surface area (Å²) in [5.74, 6) is -2.30. The summed E-state index contributed by atoms with van der Waals surface area (Å²) in [7, 11) is 0. The standard InChI is InChI=1S/C15H15N3O3/c1-8-17-11-4-2-3-10(16)14(11)15(21)18(8)12-6-5-9(19)7-13(12)20/h2-4,12H,5-7,16H2,1H3/i1D2,2D,3D,4D,6D,12D. The van der Waals surface area contributed by atoms with E-state index in [2.05, 4.69) is 4.98 Å². The fourth-order valence-electron chi connectivity index (χ4n) is 2.21. The van der Waals surface area contributed by atoms with Gasteiger partial charge in [0, 0.05) is 16.2 Å². The average molecular weight is 292 g/mol. The van der Waals surface area contributed by atoms with Gasteiger partial charge in [0.1, 0.15) is 11.6 Å². The van der Waals surface area contributed by atoms with Gasteiger partial charge in [-0.2, -0.15) is 0 Å². The summed E-state index contributed by atoms with van der Waals surface area (Å²) in [6.45, 7) is -1.97. The number of aryl methyl sites for hydroxylation is 1. The van der Waals surface area contributed by atoms with E-state index in [4.69, 9.17) is 15.3 Å². The monoisotopic (exact) mass is 292 g/mol. The Bertz CT molecular complexity index is 1100. The van der Waals surface area contributed by atoms with Crippen LogP contribution in [0.4, 0.5) is 5.69 Å². The zero-order chi connectivity index (χ0) is 21.1. The van der Waals surface area contributed by atoms with Gasteiger partial charge in [0.15, 0.2) is 5.78 Å². The predicted octanol–water partition coefficient (Wildman–Crippen LogP) is 1.15. The number of Topliss-reactive ketones (excluding diaryl/α,β-unsaturated/α-hetero) is 2. The molecule has 2 atom stereocenters. The van der Waals surface area contributed by atoms with Crippen LogP contribution < -0.4 is 11.3 Å². The molecule has 6 nitrogen and oxygen atoms in total. The van der Waals surface area contributed by atoms with E-state index in [9.17, 15) is 14.4 Å². The van der Waals surface area contributed by atoms with Crippen LogP contribution in [0.1, 0.15) is 40.7 Å². The molecule has 1 heterocycles. The van der Waals surface area contributed by atoms with Crippen molar-refractivity contribution in [1.82, 2.24) is 9.55 Å². The molecule has 6 heteroatoms. The second kappa shape index (κ2) is 4.80. The summed E-state index contributed by atoms with van der Waals surface area (Å²) in [5.41, 5.74) is 3.67. The minimum atomic E-state index is -2.61. The quantitative estimate of drug-likeness (QED) is 0.628. The molecular weight excluding hydrogens is 270 g/mol. The van der Waals surface area contributed by atoms with Gasteiger partial charge < -0.3 is 5.73 Å². The molecule has 1 saturated carbocycles. The number of carbonyl (C=O) groups is 2. The van der Waals surface area contributed by atoms with Crippen molar-refractivity contribution in [2.45, 2.75) is 32.1 Å². The lowest BCUT2D eigenvalue weighted by Crippen LogP contribution is -2.36. The molecule has 1 aromatic heterocycles. The maximum absolute atomic E-state index is 13.2. The van der Waals surface area contributed by atoms with Crippen LogP contribution in [0.5, 0.6) is 0 Å². The highest BCUT2D eigenvalue weighted by molar-refractivity contribution is 6.03. The highest BCUT2D eigenvalue weighted by Crippen LogP contribution is 2.24. The molecule has 0 spiro atoms. The summed E-state index contributed by atoms with van der Waals surface area (Å²) in [4.78, 5) is 41.2. The molecule has 3 rings (SSSR count). The number of nitrogens with two attached hydrogens (primary N) is 1. The number of nitrogens with zero attached hydrogens (tertiary/aromatic N) is 2.